The molecule has 7 nitrogen and oxygen atoms in total. The minimum Gasteiger partial charge on any atom is -0.444 e. The Kier molecular flexibility index (Phi) is 15.5. The van der Waals surface area contributed by atoms with E-state index in [1.54, 1.807) is 7.05 Å². The zero-order valence-corrected chi connectivity index (χ0v) is 18.4. The van der Waals surface area contributed by atoms with Gasteiger partial charge in [-0.25, -0.2) is 4.79 Å². The Morgan fingerprint density at radius 3 is 2.08 bits per heavy atom. The molecule has 0 radical (unpaired) electrons. The van der Waals surface area contributed by atoms with Crippen LogP contribution < -0.4 is 16.0 Å². The third-order valence-electron chi connectivity index (χ3n) is 3.15. The number of carbonyl (C=O) groups is 1. The van der Waals surface area contributed by atoms with E-state index in [2.05, 4.69) is 39.7 Å². The third kappa shape index (κ3) is 14.8. The van der Waals surface area contributed by atoms with Crippen LogP contribution in [0.15, 0.2) is 4.99 Å². The first kappa shape index (κ1) is 25.5. The van der Waals surface area contributed by atoms with E-state index in [-0.39, 0.29) is 30.1 Å². The summed E-state index contributed by atoms with van der Waals surface area (Å²) in [6.07, 6.45) is 0.426. The predicted octanol–water partition coefficient (Wildman–Crippen LogP) is 2.03. The second kappa shape index (κ2) is 14.6. The maximum Gasteiger partial charge on any atom is 0.407 e. The highest BCUT2D eigenvalue weighted by Crippen LogP contribution is 2.06. The minimum absolute atomic E-state index is 0. The summed E-state index contributed by atoms with van der Waals surface area (Å²) in [6, 6.07) is 0. The van der Waals surface area contributed by atoms with Gasteiger partial charge in [0.15, 0.2) is 5.96 Å². The first-order chi connectivity index (χ1) is 10.8. The molecule has 0 aromatic heterocycles. The second-order valence-electron chi connectivity index (χ2n) is 6.23. The van der Waals surface area contributed by atoms with Crippen LogP contribution in [0, 0.1) is 0 Å². The van der Waals surface area contributed by atoms with E-state index in [0.29, 0.717) is 6.54 Å². The van der Waals surface area contributed by atoms with E-state index in [0.717, 1.165) is 45.1 Å². The third-order valence-corrected chi connectivity index (χ3v) is 3.15. The van der Waals surface area contributed by atoms with Crippen LogP contribution in [0.3, 0.4) is 0 Å². The standard InChI is InChI=1S/C16H35N5O2.HI/c1-7-21(8-2)13-12-19-14(17-6)18-10-9-11-20-15(22)23-16(3,4)5;/h7-13H2,1-6H3,(H,20,22)(H2,17,18,19);1H. The van der Waals surface area contributed by atoms with Gasteiger partial charge in [0.1, 0.15) is 5.60 Å². The van der Waals surface area contributed by atoms with Crippen molar-refractivity contribution in [3.8, 4) is 0 Å². The van der Waals surface area contributed by atoms with Crippen molar-refractivity contribution in [2.45, 2.75) is 46.6 Å². The van der Waals surface area contributed by atoms with Crippen molar-refractivity contribution in [3.63, 3.8) is 0 Å². The molecule has 0 unspecified atom stereocenters. The topological polar surface area (TPSA) is 78.0 Å². The summed E-state index contributed by atoms with van der Waals surface area (Å²) in [5.74, 6) is 0.787. The van der Waals surface area contributed by atoms with Crippen LogP contribution >= 0.6 is 24.0 Å². The van der Waals surface area contributed by atoms with Gasteiger partial charge in [0.05, 0.1) is 0 Å². The largest absolute Gasteiger partial charge is 0.444 e. The molecule has 0 aromatic rings. The Morgan fingerprint density at radius 2 is 1.58 bits per heavy atom. The highest BCUT2D eigenvalue weighted by Gasteiger charge is 2.15. The number of carbonyl (C=O) groups excluding carboxylic acids is 1. The highest BCUT2D eigenvalue weighted by molar-refractivity contribution is 14.0. The van der Waals surface area contributed by atoms with Gasteiger partial charge in [0, 0.05) is 33.2 Å². The molecular weight excluding hydrogens is 421 g/mol. The number of hydrogen-bond donors (Lipinski definition) is 3. The van der Waals surface area contributed by atoms with Gasteiger partial charge in [-0.3, -0.25) is 4.99 Å². The molecule has 0 aliphatic rings. The summed E-state index contributed by atoms with van der Waals surface area (Å²) in [7, 11) is 1.76. The van der Waals surface area contributed by atoms with Crippen molar-refractivity contribution in [1.82, 2.24) is 20.9 Å². The minimum atomic E-state index is -0.459. The number of likely N-dealkylation sites (N-methyl/N-ethyl adjacent to an activating group) is 1. The number of ether oxygens (including phenoxy) is 1. The molecule has 0 rings (SSSR count). The van der Waals surface area contributed by atoms with Crippen molar-refractivity contribution < 1.29 is 9.53 Å². The molecule has 0 atom stereocenters. The number of halogens is 1. The molecule has 0 aliphatic heterocycles. The van der Waals surface area contributed by atoms with Gasteiger partial charge in [0.25, 0.3) is 0 Å². The van der Waals surface area contributed by atoms with Gasteiger partial charge < -0.3 is 25.6 Å². The second-order valence-corrected chi connectivity index (χ2v) is 6.23. The Morgan fingerprint density at radius 1 is 1.04 bits per heavy atom. The summed E-state index contributed by atoms with van der Waals surface area (Å²) < 4.78 is 5.17. The Labute approximate surface area is 164 Å². The fraction of sp³-hybridized carbons (Fsp3) is 0.875. The van der Waals surface area contributed by atoms with Crippen LogP contribution in [0.2, 0.25) is 0 Å². The molecule has 0 aliphatic carbocycles. The quantitative estimate of drug-likeness (QED) is 0.214. The van der Waals surface area contributed by atoms with Crippen LogP contribution in [-0.2, 0) is 4.74 Å². The van der Waals surface area contributed by atoms with Gasteiger partial charge in [-0.15, -0.1) is 24.0 Å². The van der Waals surface area contributed by atoms with Gasteiger partial charge >= 0.3 is 6.09 Å². The molecule has 0 bridgehead atoms. The number of guanidine groups is 1. The first-order valence-electron chi connectivity index (χ1n) is 8.46. The van der Waals surface area contributed by atoms with E-state index in [9.17, 15) is 4.79 Å². The Balaban J connectivity index is 0. The van der Waals surface area contributed by atoms with Crippen molar-refractivity contribution in [2.75, 3.05) is 46.3 Å². The van der Waals surface area contributed by atoms with E-state index >= 15 is 0 Å². The lowest BCUT2D eigenvalue weighted by atomic mass is 10.2. The molecule has 3 N–H and O–H groups in total. The van der Waals surface area contributed by atoms with Crippen molar-refractivity contribution in [2.24, 2.45) is 4.99 Å². The number of aliphatic imine (C=N–C) groups is 1. The molecule has 0 saturated heterocycles. The Hall–Kier alpha value is -0.770. The van der Waals surface area contributed by atoms with E-state index < -0.39 is 5.60 Å². The van der Waals surface area contributed by atoms with E-state index in [4.69, 9.17) is 4.74 Å². The zero-order chi connectivity index (χ0) is 17.7. The summed E-state index contributed by atoms with van der Waals surface area (Å²) in [6.45, 7) is 15.1. The number of rotatable bonds is 9. The molecule has 24 heavy (non-hydrogen) atoms. The molecule has 1 amide bonds. The van der Waals surface area contributed by atoms with Crippen LogP contribution in [0.4, 0.5) is 4.79 Å². The molecular formula is C16H36IN5O2. The molecule has 0 saturated carbocycles. The van der Waals surface area contributed by atoms with E-state index in [1.807, 2.05) is 20.8 Å². The lowest BCUT2D eigenvalue weighted by Crippen LogP contribution is -2.42. The summed E-state index contributed by atoms with van der Waals surface area (Å²) >= 11 is 0. The van der Waals surface area contributed by atoms with Gasteiger partial charge in [0.2, 0.25) is 0 Å². The SMILES string of the molecule is CCN(CC)CCNC(=NC)NCCCNC(=O)OC(C)(C)C.I. The van der Waals surface area contributed by atoms with Crippen molar-refractivity contribution in [3.05, 3.63) is 0 Å². The average Bonchev–Trinajstić information content (AvgIpc) is 2.47. The molecule has 0 fully saturated rings. The zero-order valence-electron chi connectivity index (χ0n) is 16.1. The van der Waals surface area contributed by atoms with Gasteiger partial charge in [-0.05, 0) is 40.3 Å². The molecule has 0 aromatic carbocycles. The van der Waals surface area contributed by atoms with Crippen molar-refractivity contribution in [1.29, 1.82) is 0 Å². The fourth-order valence-electron chi connectivity index (χ4n) is 1.89. The monoisotopic (exact) mass is 457 g/mol. The number of nitrogens with zero attached hydrogens (tertiary/aromatic N) is 2. The maximum atomic E-state index is 11.5. The number of amides is 1. The molecule has 144 valence electrons. The number of nitrogens with one attached hydrogen (secondary N) is 3. The van der Waals surface area contributed by atoms with Crippen molar-refractivity contribution >= 4 is 36.0 Å². The summed E-state index contributed by atoms with van der Waals surface area (Å²) in [5.41, 5.74) is -0.459. The fourth-order valence-corrected chi connectivity index (χ4v) is 1.89. The number of alkyl carbamates (subject to hydrolysis) is 1. The van der Waals surface area contributed by atoms with Crippen LogP contribution in [0.25, 0.3) is 0 Å². The van der Waals surface area contributed by atoms with Crippen LogP contribution in [0.1, 0.15) is 41.0 Å². The highest BCUT2D eigenvalue weighted by atomic mass is 127. The molecule has 0 heterocycles. The normalized spacial score (nSPS) is 11.7. The lowest BCUT2D eigenvalue weighted by molar-refractivity contribution is 0.0527. The maximum absolute atomic E-state index is 11.5. The molecule has 0 spiro atoms. The van der Waals surface area contributed by atoms with Gasteiger partial charge in [-0.1, -0.05) is 13.8 Å². The van der Waals surface area contributed by atoms with Crippen LogP contribution in [0.5, 0.6) is 0 Å². The number of hydrogen-bond acceptors (Lipinski definition) is 4. The summed E-state index contributed by atoms with van der Waals surface area (Å²) in [4.78, 5) is 18.0. The first-order valence-corrected chi connectivity index (χ1v) is 8.46. The average molecular weight is 457 g/mol. The lowest BCUT2D eigenvalue weighted by Gasteiger charge is -2.20. The van der Waals surface area contributed by atoms with Gasteiger partial charge in [-0.2, -0.15) is 0 Å². The molecule has 8 heteroatoms. The smallest absolute Gasteiger partial charge is 0.407 e. The Bertz CT molecular complexity index is 355. The summed E-state index contributed by atoms with van der Waals surface area (Å²) in [5, 5.41) is 9.25. The van der Waals surface area contributed by atoms with E-state index in [1.165, 1.54) is 0 Å². The van der Waals surface area contributed by atoms with Crippen LogP contribution in [-0.4, -0.2) is 68.9 Å². The predicted molar refractivity (Wildman–Crippen MR) is 111 cm³/mol.